The summed E-state index contributed by atoms with van der Waals surface area (Å²) < 4.78 is 2.11. The molecule has 6 nitrogen and oxygen atoms in total. The Morgan fingerprint density at radius 3 is 2.68 bits per heavy atom. The zero-order chi connectivity index (χ0) is 21.3. The smallest absolute Gasteiger partial charge is 0.220 e. The highest BCUT2D eigenvalue weighted by molar-refractivity contribution is 7.99. The molecule has 1 saturated heterocycles. The minimum Gasteiger partial charge on any atom is -0.355 e. The highest BCUT2D eigenvalue weighted by Gasteiger charge is 2.17. The van der Waals surface area contributed by atoms with Gasteiger partial charge in [0.15, 0.2) is 11.0 Å². The Morgan fingerprint density at radius 2 is 1.90 bits per heavy atom. The molecule has 1 aromatic carbocycles. The van der Waals surface area contributed by atoms with E-state index in [1.54, 1.807) is 23.1 Å². The Hall–Kier alpha value is -2.16. The van der Waals surface area contributed by atoms with Crippen LogP contribution in [0.15, 0.2) is 53.0 Å². The van der Waals surface area contributed by atoms with Crippen LogP contribution in [0.5, 0.6) is 0 Å². The van der Waals surface area contributed by atoms with Crippen LogP contribution in [0.4, 0.5) is 0 Å². The highest BCUT2D eigenvalue weighted by atomic mass is 32.2. The van der Waals surface area contributed by atoms with E-state index in [1.165, 1.54) is 32.4 Å². The van der Waals surface area contributed by atoms with Crippen molar-refractivity contribution in [3.8, 4) is 16.4 Å². The largest absolute Gasteiger partial charge is 0.355 e. The van der Waals surface area contributed by atoms with Crippen molar-refractivity contribution in [2.24, 2.45) is 0 Å². The number of piperidine rings is 1. The first kappa shape index (κ1) is 22.0. The molecular weight excluding hydrogens is 426 g/mol. The molecule has 3 aromatic rings. The maximum Gasteiger partial charge on any atom is 0.220 e. The molecule has 1 amide bonds. The van der Waals surface area contributed by atoms with E-state index in [0.29, 0.717) is 6.42 Å². The molecule has 1 aliphatic heterocycles. The standard InChI is InChI=1S/C23H29N5OS2/c29-21(24-13-16-27-14-5-2-6-15-27)12-8-18-31-23-26-25-22(20-11-7-17-30-20)28(23)19-9-3-1-4-10-19/h1,3-4,7,9-11,17H,2,5-6,8,12-16,18H2,(H,24,29). The van der Waals surface area contributed by atoms with Crippen LogP contribution in [0.2, 0.25) is 0 Å². The van der Waals surface area contributed by atoms with Gasteiger partial charge in [0.25, 0.3) is 0 Å². The van der Waals surface area contributed by atoms with Gasteiger partial charge in [-0.3, -0.25) is 9.36 Å². The monoisotopic (exact) mass is 455 g/mol. The topological polar surface area (TPSA) is 63.1 Å². The summed E-state index contributed by atoms with van der Waals surface area (Å²) in [4.78, 5) is 15.7. The van der Waals surface area contributed by atoms with E-state index in [2.05, 4.69) is 48.6 Å². The molecule has 164 valence electrons. The number of amides is 1. The molecule has 2 aromatic heterocycles. The molecule has 4 rings (SSSR count). The zero-order valence-electron chi connectivity index (χ0n) is 17.7. The summed E-state index contributed by atoms with van der Waals surface area (Å²) in [7, 11) is 0. The SMILES string of the molecule is O=C(CCCSc1nnc(-c2cccs2)n1-c1ccccc1)NCCN1CCCCC1. The molecule has 8 heteroatoms. The number of nitrogens with zero attached hydrogens (tertiary/aromatic N) is 4. The van der Waals surface area contributed by atoms with Gasteiger partial charge < -0.3 is 10.2 Å². The van der Waals surface area contributed by atoms with E-state index >= 15 is 0 Å². The number of benzene rings is 1. The molecule has 0 atom stereocenters. The summed E-state index contributed by atoms with van der Waals surface area (Å²) in [6.07, 6.45) is 5.27. The van der Waals surface area contributed by atoms with Crippen LogP contribution in [0, 0.1) is 0 Å². The van der Waals surface area contributed by atoms with Gasteiger partial charge in [-0.2, -0.15) is 0 Å². The lowest BCUT2D eigenvalue weighted by Gasteiger charge is -2.26. The van der Waals surface area contributed by atoms with Gasteiger partial charge in [0.2, 0.25) is 5.91 Å². The van der Waals surface area contributed by atoms with E-state index < -0.39 is 0 Å². The molecule has 0 spiro atoms. The number of nitrogens with one attached hydrogen (secondary N) is 1. The summed E-state index contributed by atoms with van der Waals surface area (Å²) in [6.45, 7) is 4.05. The minimum absolute atomic E-state index is 0.140. The Bertz CT molecular complexity index is 936. The molecule has 0 aliphatic carbocycles. The van der Waals surface area contributed by atoms with E-state index in [9.17, 15) is 4.79 Å². The van der Waals surface area contributed by atoms with Gasteiger partial charge in [-0.15, -0.1) is 21.5 Å². The number of hydrogen-bond donors (Lipinski definition) is 1. The van der Waals surface area contributed by atoms with Gasteiger partial charge in [0, 0.05) is 31.0 Å². The normalized spacial score (nSPS) is 14.6. The molecule has 1 fully saturated rings. The molecule has 1 aliphatic rings. The third kappa shape index (κ3) is 6.18. The highest BCUT2D eigenvalue weighted by Crippen LogP contribution is 2.30. The lowest BCUT2D eigenvalue weighted by atomic mass is 10.1. The predicted molar refractivity (Wildman–Crippen MR) is 128 cm³/mol. The molecule has 0 radical (unpaired) electrons. The summed E-state index contributed by atoms with van der Waals surface area (Å²) in [6, 6.07) is 14.3. The van der Waals surface area contributed by atoms with Crippen LogP contribution < -0.4 is 5.32 Å². The van der Waals surface area contributed by atoms with Crippen molar-refractivity contribution in [1.29, 1.82) is 0 Å². The van der Waals surface area contributed by atoms with Crippen molar-refractivity contribution < 1.29 is 4.79 Å². The second-order valence-electron chi connectivity index (χ2n) is 7.66. The summed E-state index contributed by atoms with van der Waals surface area (Å²) in [5.74, 6) is 1.83. The number of para-hydroxylation sites is 1. The molecule has 0 bridgehead atoms. The number of thioether (sulfide) groups is 1. The molecular formula is C23H29N5OS2. The fourth-order valence-corrected chi connectivity index (χ4v) is 5.35. The van der Waals surface area contributed by atoms with Gasteiger partial charge in [0.05, 0.1) is 4.88 Å². The maximum atomic E-state index is 12.2. The van der Waals surface area contributed by atoms with Crippen molar-refractivity contribution in [2.45, 2.75) is 37.3 Å². The summed E-state index contributed by atoms with van der Waals surface area (Å²) >= 11 is 3.31. The van der Waals surface area contributed by atoms with Gasteiger partial charge >= 0.3 is 0 Å². The van der Waals surface area contributed by atoms with Gasteiger partial charge in [-0.1, -0.05) is 42.4 Å². The van der Waals surface area contributed by atoms with Crippen molar-refractivity contribution >= 4 is 29.0 Å². The first-order valence-electron chi connectivity index (χ1n) is 11.0. The second kappa shape index (κ2) is 11.5. The second-order valence-corrected chi connectivity index (χ2v) is 9.67. The van der Waals surface area contributed by atoms with Crippen LogP contribution in [-0.4, -0.2) is 57.5 Å². The third-order valence-electron chi connectivity index (χ3n) is 5.37. The predicted octanol–water partition coefficient (Wildman–Crippen LogP) is 4.47. The van der Waals surface area contributed by atoms with Crippen LogP contribution in [0.1, 0.15) is 32.1 Å². The summed E-state index contributed by atoms with van der Waals surface area (Å²) in [5.41, 5.74) is 1.05. The number of thiophene rings is 1. The van der Waals surface area contributed by atoms with E-state index in [-0.39, 0.29) is 5.91 Å². The van der Waals surface area contributed by atoms with Gasteiger partial charge in [-0.25, -0.2) is 0 Å². The fraction of sp³-hybridized carbons (Fsp3) is 0.435. The fourth-order valence-electron chi connectivity index (χ4n) is 3.76. The van der Waals surface area contributed by atoms with Gasteiger partial charge in [0.1, 0.15) is 0 Å². The number of aromatic nitrogens is 3. The van der Waals surface area contributed by atoms with Crippen molar-refractivity contribution in [2.75, 3.05) is 31.9 Å². The first-order chi connectivity index (χ1) is 15.3. The van der Waals surface area contributed by atoms with Crippen LogP contribution in [0.25, 0.3) is 16.4 Å². The lowest BCUT2D eigenvalue weighted by Crippen LogP contribution is -2.37. The minimum atomic E-state index is 0.140. The number of rotatable bonds is 10. The average molecular weight is 456 g/mol. The van der Waals surface area contributed by atoms with E-state index in [1.807, 2.05) is 24.3 Å². The molecule has 0 unspecified atom stereocenters. The van der Waals surface area contributed by atoms with Gasteiger partial charge in [-0.05, 0) is 55.9 Å². The van der Waals surface area contributed by atoms with Crippen molar-refractivity contribution in [3.05, 3.63) is 47.8 Å². The zero-order valence-corrected chi connectivity index (χ0v) is 19.3. The number of likely N-dealkylation sites (tertiary alicyclic amines) is 1. The molecule has 3 heterocycles. The van der Waals surface area contributed by atoms with Crippen LogP contribution in [-0.2, 0) is 4.79 Å². The first-order valence-corrected chi connectivity index (χ1v) is 12.8. The van der Waals surface area contributed by atoms with Crippen molar-refractivity contribution in [3.63, 3.8) is 0 Å². The molecule has 0 saturated carbocycles. The Kier molecular flexibility index (Phi) is 8.15. The number of carbonyl (C=O) groups excluding carboxylic acids is 1. The average Bonchev–Trinajstić information content (AvgIpc) is 3.48. The van der Waals surface area contributed by atoms with E-state index in [4.69, 9.17) is 0 Å². The Labute approximate surface area is 192 Å². The Morgan fingerprint density at radius 1 is 1.06 bits per heavy atom. The lowest BCUT2D eigenvalue weighted by molar-refractivity contribution is -0.121. The maximum absolute atomic E-state index is 12.2. The Balaban J connectivity index is 1.27. The van der Waals surface area contributed by atoms with E-state index in [0.717, 1.165) is 46.8 Å². The third-order valence-corrected chi connectivity index (χ3v) is 7.25. The number of hydrogen-bond acceptors (Lipinski definition) is 6. The quantitative estimate of drug-likeness (QED) is 0.361. The molecule has 1 N–H and O–H groups in total. The van der Waals surface area contributed by atoms with Crippen molar-refractivity contribution in [1.82, 2.24) is 25.0 Å². The summed E-state index contributed by atoms with van der Waals surface area (Å²) in [5, 5.41) is 14.9. The molecule has 31 heavy (non-hydrogen) atoms. The van der Waals surface area contributed by atoms with Crippen LogP contribution in [0.3, 0.4) is 0 Å². The number of carbonyl (C=O) groups is 1. The van der Waals surface area contributed by atoms with Crippen LogP contribution >= 0.6 is 23.1 Å².